The molecule has 0 spiro atoms. The third kappa shape index (κ3) is 4.39. The van der Waals surface area contributed by atoms with Crippen LogP contribution >= 0.6 is 0 Å². The quantitative estimate of drug-likeness (QED) is 0.430. The molecule has 4 aromatic rings. The molecule has 2 aromatic heterocycles. The van der Waals surface area contributed by atoms with Gasteiger partial charge in [0.05, 0.1) is 7.11 Å². The number of rotatable bonds is 6. The Hall–Kier alpha value is -4.07. The SMILES string of the molecule is COc1ccc(CN(Cc2cccc(-c3nn(C)c4[nH]c(=O)c5c(c34)CCCC5)c2)C(=O)O)cc1. The molecule has 0 radical (unpaired) electrons. The summed E-state index contributed by atoms with van der Waals surface area (Å²) in [5.41, 5.74) is 6.14. The maximum Gasteiger partial charge on any atom is 0.407 e. The van der Waals surface area contributed by atoms with Crippen molar-refractivity contribution >= 4 is 17.1 Å². The molecule has 0 bridgehead atoms. The Morgan fingerprint density at radius 3 is 2.51 bits per heavy atom. The number of hydrogen-bond donors (Lipinski definition) is 2. The molecule has 0 fully saturated rings. The minimum absolute atomic E-state index is 0.0221. The molecular formula is C27H28N4O4. The van der Waals surface area contributed by atoms with E-state index in [9.17, 15) is 14.7 Å². The van der Waals surface area contributed by atoms with E-state index in [-0.39, 0.29) is 18.6 Å². The van der Waals surface area contributed by atoms with Crippen LogP contribution in [0.5, 0.6) is 5.75 Å². The number of amides is 1. The van der Waals surface area contributed by atoms with Crippen LogP contribution in [-0.4, -0.2) is 38.0 Å². The zero-order chi connectivity index (χ0) is 24.5. The number of fused-ring (bicyclic) bond motifs is 3. The van der Waals surface area contributed by atoms with Gasteiger partial charge in [-0.25, -0.2) is 4.79 Å². The van der Waals surface area contributed by atoms with Gasteiger partial charge in [0.1, 0.15) is 17.1 Å². The zero-order valence-corrected chi connectivity index (χ0v) is 19.9. The molecule has 5 rings (SSSR count). The maximum atomic E-state index is 12.6. The van der Waals surface area contributed by atoms with Crippen LogP contribution in [0.25, 0.3) is 22.3 Å². The molecule has 180 valence electrons. The Morgan fingerprint density at radius 1 is 1.09 bits per heavy atom. The molecule has 1 aliphatic rings. The van der Waals surface area contributed by atoms with Gasteiger partial charge >= 0.3 is 6.09 Å². The van der Waals surface area contributed by atoms with Gasteiger partial charge in [0, 0.05) is 36.7 Å². The predicted octanol–water partition coefficient (Wildman–Crippen LogP) is 4.50. The van der Waals surface area contributed by atoms with Crippen molar-refractivity contribution in [2.45, 2.75) is 38.8 Å². The van der Waals surface area contributed by atoms with Crippen LogP contribution in [0.15, 0.2) is 53.3 Å². The van der Waals surface area contributed by atoms with Gasteiger partial charge in [-0.2, -0.15) is 5.10 Å². The number of methoxy groups -OCH3 is 1. The van der Waals surface area contributed by atoms with E-state index in [1.165, 1.54) is 4.90 Å². The van der Waals surface area contributed by atoms with E-state index in [0.29, 0.717) is 0 Å². The maximum absolute atomic E-state index is 12.6. The number of nitrogens with one attached hydrogen (secondary N) is 1. The molecule has 0 unspecified atom stereocenters. The van der Waals surface area contributed by atoms with Crippen molar-refractivity contribution in [3.63, 3.8) is 0 Å². The smallest absolute Gasteiger partial charge is 0.407 e. The number of pyridine rings is 1. The Morgan fingerprint density at radius 2 is 1.80 bits per heavy atom. The van der Waals surface area contributed by atoms with Crippen molar-refractivity contribution in [2.24, 2.45) is 7.05 Å². The van der Waals surface area contributed by atoms with Crippen molar-refractivity contribution in [1.29, 1.82) is 0 Å². The van der Waals surface area contributed by atoms with E-state index in [4.69, 9.17) is 9.84 Å². The first-order chi connectivity index (χ1) is 16.9. The average Bonchev–Trinajstić information content (AvgIpc) is 3.20. The lowest BCUT2D eigenvalue weighted by Gasteiger charge is -2.20. The topological polar surface area (TPSA) is 100 Å². The fraction of sp³-hybridized carbons (Fsp3) is 0.296. The molecule has 35 heavy (non-hydrogen) atoms. The van der Waals surface area contributed by atoms with Crippen LogP contribution in [-0.2, 0) is 33.0 Å². The number of nitrogens with zero attached hydrogens (tertiary/aromatic N) is 3. The molecule has 0 saturated heterocycles. The highest BCUT2D eigenvalue weighted by molar-refractivity contribution is 5.94. The summed E-state index contributed by atoms with van der Waals surface area (Å²) in [7, 11) is 3.44. The van der Waals surface area contributed by atoms with Gasteiger partial charge < -0.3 is 14.8 Å². The largest absolute Gasteiger partial charge is 0.497 e. The third-order valence-corrected chi connectivity index (χ3v) is 6.70. The van der Waals surface area contributed by atoms with Crippen LogP contribution < -0.4 is 10.3 Å². The van der Waals surface area contributed by atoms with E-state index in [1.807, 2.05) is 55.6 Å². The standard InChI is InChI=1S/C27H28N4O4/c1-30-25-23(21-8-3-4-9-22(21)26(32)28-25)24(29-30)19-7-5-6-18(14-19)16-31(27(33)34)15-17-10-12-20(35-2)13-11-17/h5-7,10-14H,3-4,8-9,15-16H2,1-2H3,(H,28,32)(H,33,34). The molecule has 0 atom stereocenters. The summed E-state index contributed by atoms with van der Waals surface area (Å²) >= 11 is 0. The zero-order valence-electron chi connectivity index (χ0n) is 19.9. The fourth-order valence-electron chi connectivity index (χ4n) is 4.95. The van der Waals surface area contributed by atoms with Crippen LogP contribution in [0, 0.1) is 0 Å². The molecule has 2 aromatic carbocycles. The second-order valence-electron chi connectivity index (χ2n) is 9.00. The number of aryl methyl sites for hydroxylation is 2. The van der Waals surface area contributed by atoms with Gasteiger partial charge in [-0.1, -0.05) is 30.3 Å². The summed E-state index contributed by atoms with van der Waals surface area (Å²) in [6.45, 7) is 0.514. The Kier molecular flexibility index (Phi) is 6.03. The molecule has 2 heterocycles. The Bertz CT molecular complexity index is 1450. The first-order valence-corrected chi connectivity index (χ1v) is 11.8. The second kappa shape index (κ2) is 9.29. The minimum Gasteiger partial charge on any atom is -0.497 e. The van der Waals surface area contributed by atoms with Crippen molar-refractivity contribution in [3.05, 3.63) is 81.1 Å². The van der Waals surface area contributed by atoms with Gasteiger partial charge in [-0.05, 0) is 60.6 Å². The number of carboxylic acid groups (broad SMARTS) is 1. The van der Waals surface area contributed by atoms with Gasteiger partial charge in [0.15, 0.2) is 0 Å². The van der Waals surface area contributed by atoms with E-state index < -0.39 is 6.09 Å². The molecule has 1 aliphatic carbocycles. The third-order valence-electron chi connectivity index (χ3n) is 6.70. The van der Waals surface area contributed by atoms with Gasteiger partial charge in [-0.3, -0.25) is 14.4 Å². The average molecular weight is 473 g/mol. The van der Waals surface area contributed by atoms with E-state index in [2.05, 4.69) is 4.98 Å². The number of hydrogen-bond acceptors (Lipinski definition) is 4. The van der Waals surface area contributed by atoms with Crippen molar-refractivity contribution < 1.29 is 14.6 Å². The summed E-state index contributed by atoms with van der Waals surface area (Å²) in [4.78, 5) is 29.1. The fourth-order valence-corrected chi connectivity index (χ4v) is 4.95. The summed E-state index contributed by atoms with van der Waals surface area (Å²) in [5.74, 6) is 0.731. The molecule has 0 saturated carbocycles. The number of benzene rings is 2. The molecule has 0 aliphatic heterocycles. The summed E-state index contributed by atoms with van der Waals surface area (Å²) < 4.78 is 6.91. The monoisotopic (exact) mass is 472 g/mol. The van der Waals surface area contributed by atoms with E-state index >= 15 is 0 Å². The normalized spacial score (nSPS) is 13.0. The predicted molar refractivity (Wildman–Crippen MR) is 134 cm³/mol. The highest BCUT2D eigenvalue weighted by Crippen LogP contribution is 2.33. The van der Waals surface area contributed by atoms with Crippen molar-refractivity contribution in [1.82, 2.24) is 19.7 Å². The Balaban J connectivity index is 1.49. The van der Waals surface area contributed by atoms with Gasteiger partial charge in [0.2, 0.25) is 0 Å². The number of aromatic nitrogens is 3. The lowest BCUT2D eigenvalue weighted by Crippen LogP contribution is -2.28. The summed E-state index contributed by atoms with van der Waals surface area (Å²) in [5, 5.41) is 15.6. The molecule has 2 N–H and O–H groups in total. The number of ether oxygens (including phenoxy) is 1. The van der Waals surface area contributed by atoms with Crippen LogP contribution in [0.4, 0.5) is 4.79 Å². The van der Waals surface area contributed by atoms with Gasteiger partial charge in [0.25, 0.3) is 5.56 Å². The summed E-state index contributed by atoms with van der Waals surface area (Å²) in [6, 6.07) is 15.2. The molecule has 8 heteroatoms. The first kappa shape index (κ1) is 22.7. The minimum atomic E-state index is -0.985. The number of aromatic amines is 1. The van der Waals surface area contributed by atoms with E-state index in [0.717, 1.165) is 76.0 Å². The number of H-pyrrole nitrogens is 1. The molecule has 8 nitrogen and oxygen atoms in total. The highest BCUT2D eigenvalue weighted by atomic mass is 16.5. The summed E-state index contributed by atoms with van der Waals surface area (Å²) in [6.07, 6.45) is 2.74. The van der Waals surface area contributed by atoms with Crippen molar-refractivity contribution in [2.75, 3.05) is 7.11 Å². The molecular weight excluding hydrogens is 444 g/mol. The Labute approximate surface area is 202 Å². The molecule has 1 amide bonds. The lowest BCUT2D eigenvalue weighted by atomic mass is 9.89. The second-order valence-corrected chi connectivity index (χ2v) is 9.00. The van der Waals surface area contributed by atoms with Crippen molar-refractivity contribution in [3.8, 4) is 17.0 Å². The number of carbonyl (C=O) groups is 1. The van der Waals surface area contributed by atoms with Crippen LogP contribution in [0.1, 0.15) is 35.1 Å². The first-order valence-electron chi connectivity index (χ1n) is 11.8. The lowest BCUT2D eigenvalue weighted by molar-refractivity contribution is 0.139. The van der Waals surface area contributed by atoms with Crippen LogP contribution in [0.3, 0.4) is 0 Å². The van der Waals surface area contributed by atoms with Crippen LogP contribution in [0.2, 0.25) is 0 Å². The van der Waals surface area contributed by atoms with Gasteiger partial charge in [-0.15, -0.1) is 0 Å². The highest BCUT2D eigenvalue weighted by Gasteiger charge is 2.23. The van der Waals surface area contributed by atoms with E-state index in [1.54, 1.807) is 11.8 Å².